The number of aromatic nitrogens is 4. The molecule has 2 aliphatic rings. The van der Waals surface area contributed by atoms with Crippen LogP contribution in [0.3, 0.4) is 0 Å². The third kappa shape index (κ3) is 3.77. The van der Waals surface area contributed by atoms with Crippen LogP contribution in [0.4, 0.5) is 19.0 Å². The number of rotatable bonds is 5. The first-order valence-electron chi connectivity index (χ1n) is 11.0. The number of hydrogen-bond donors (Lipinski definition) is 0. The van der Waals surface area contributed by atoms with Gasteiger partial charge in [-0.2, -0.15) is 13.2 Å². The molecule has 0 radical (unpaired) electrons. The third-order valence-electron chi connectivity index (χ3n) is 6.99. The molecular weight excluding hydrogens is 463 g/mol. The zero-order valence-electron chi connectivity index (χ0n) is 19.1. The minimum Gasteiger partial charge on any atom is -0.321 e. The average Bonchev–Trinajstić information content (AvgIpc) is 3.31. The minimum atomic E-state index is -4.53. The molecule has 0 atom stereocenters. The van der Waals surface area contributed by atoms with Crippen molar-refractivity contribution in [3.8, 4) is 0 Å². The summed E-state index contributed by atoms with van der Waals surface area (Å²) in [5, 5.41) is 8.97. The molecule has 1 saturated carbocycles. The van der Waals surface area contributed by atoms with Crippen LogP contribution in [0.2, 0.25) is 0 Å². The summed E-state index contributed by atoms with van der Waals surface area (Å²) < 4.78 is 43.1. The van der Waals surface area contributed by atoms with Crippen molar-refractivity contribution in [3.63, 3.8) is 0 Å². The predicted octanol–water partition coefficient (Wildman–Crippen LogP) is 5.08. The van der Waals surface area contributed by atoms with Crippen LogP contribution in [0, 0.1) is 6.92 Å². The zero-order valence-corrected chi connectivity index (χ0v) is 19.9. The fourth-order valence-corrected chi connectivity index (χ4v) is 5.40. The summed E-state index contributed by atoms with van der Waals surface area (Å²) in [6.45, 7) is 1.42. The van der Waals surface area contributed by atoms with E-state index in [2.05, 4.69) is 15.2 Å². The first-order valence-corrected chi connectivity index (χ1v) is 12.3. The number of benzene rings is 1. The highest BCUT2D eigenvalue weighted by molar-refractivity contribution is 7.98. The second-order valence-electron chi connectivity index (χ2n) is 9.15. The molecule has 1 fully saturated rings. The van der Waals surface area contributed by atoms with Crippen LogP contribution in [0.5, 0.6) is 0 Å². The second kappa shape index (κ2) is 8.11. The fraction of sp³-hybridized carbons (Fsp3) is 0.417. The molecule has 1 aliphatic carbocycles. The monoisotopic (exact) mass is 487 g/mol. The highest BCUT2D eigenvalue weighted by atomic mass is 32.2. The number of fused-ring (bicyclic) bond motifs is 1. The van der Waals surface area contributed by atoms with Gasteiger partial charge in [0.15, 0.2) is 0 Å². The number of carbonyl (C=O) groups excluding carboxylic acids is 1. The van der Waals surface area contributed by atoms with E-state index < -0.39 is 17.6 Å². The first-order chi connectivity index (χ1) is 16.1. The standard InChI is InChI=1S/C24H24F3N5OS/c1-14-7-16-17(18(8-14)24(25,26)27)12-32(22(16)33)19-9-15(10-21(29-19)34-3)23(5-4-6-23)11-20-30-28-13-31(20)2/h7-10,13H,4-6,11-12H2,1-3H3. The summed E-state index contributed by atoms with van der Waals surface area (Å²) in [6, 6.07) is 6.55. The van der Waals surface area contributed by atoms with Gasteiger partial charge in [0.1, 0.15) is 18.0 Å². The number of amides is 1. The van der Waals surface area contributed by atoms with Gasteiger partial charge in [0, 0.05) is 24.4 Å². The van der Waals surface area contributed by atoms with Gasteiger partial charge < -0.3 is 4.57 Å². The molecule has 0 unspecified atom stereocenters. The number of thioether (sulfide) groups is 1. The van der Waals surface area contributed by atoms with Crippen molar-refractivity contribution < 1.29 is 18.0 Å². The maximum absolute atomic E-state index is 13.7. The van der Waals surface area contributed by atoms with E-state index in [0.717, 1.165) is 41.7 Å². The van der Waals surface area contributed by atoms with Gasteiger partial charge in [-0.1, -0.05) is 6.42 Å². The maximum atomic E-state index is 13.7. The van der Waals surface area contributed by atoms with Crippen molar-refractivity contribution in [2.45, 2.75) is 55.8 Å². The van der Waals surface area contributed by atoms with Crippen LogP contribution in [-0.4, -0.2) is 31.9 Å². The van der Waals surface area contributed by atoms with E-state index in [1.807, 2.05) is 30.0 Å². The number of alkyl halides is 3. The van der Waals surface area contributed by atoms with Crippen molar-refractivity contribution in [3.05, 3.63) is 64.2 Å². The molecule has 3 heterocycles. The lowest BCUT2D eigenvalue weighted by Crippen LogP contribution is -2.38. The third-order valence-corrected chi connectivity index (χ3v) is 7.62. The number of anilines is 1. The Hall–Kier alpha value is -2.88. The molecule has 0 bridgehead atoms. The molecule has 1 amide bonds. The Labute approximate surface area is 199 Å². The fourth-order valence-electron chi connectivity index (χ4n) is 4.97. The van der Waals surface area contributed by atoms with Crippen LogP contribution in [0.1, 0.15) is 57.7 Å². The number of nitrogens with zero attached hydrogens (tertiary/aromatic N) is 5. The Kier molecular flexibility index (Phi) is 5.46. The van der Waals surface area contributed by atoms with Crippen molar-refractivity contribution >= 4 is 23.5 Å². The number of pyridine rings is 1. The molecular formula is C24H24F3N5OS. The van der Waals surface area contributed by atoms with Crippen LogP contribution < -0.4 is 4.90 Å². The second-order valence-corrected chi connectivity index (χ2v) is 9.98. The average molecular weight is 488 g/mol. The number of hydrogen-bond acceptors (Lipinski definition) is 5. The largest absolute Gasteiger partial charge is 0.416 e. The summed E-state index contributed by atoms with van der Waals surface area (Å²) in [7, 11) is 1.91. The molecule has 0 saturated heterocycles. The molecule has 34 heavy (non-hydrogen) atoms. The van der Waals surface area contributed by atoms with Crippen LogP contribution in [-0.2, 0) is 31.6 Å². The number of halogens is 3. The molecule has 178 valence electrons. The Balaban J connectivity index is 1.56. The molecule has 6 nitrogen and oxygen atoms in total. The van der Waals surface area contributed by atoms with Crippen molar-refractivity contribution in [1.82, 2.24) is 19.7 Å². The summed E-state index contributed by atoms with van der Waals surface area (Å²) >= 11 is 1.45. The van der Waals surface area contributed by atoms with Crippen molar-refractivity contribution in [2.75, 3.05) is 11.2 Å². The van der Waals surface area contributed by atoms with Gasteiger partial charge in [-0.3, -0.25) is 9.69 Å². The quantitative estimate of drug-likeness (QED) is 0.470. The van der Waals surface area contributed by atoms with E-state index in [-0.39, 0.29) is 23.1 Å². The predicted molar refractivity (Wildman–Crippen MR) is 123 cm³/mol. The molecule has 10 heteroatoms. The van der Waals surface area contributed by atoms with Crippen molar-refractivity contribution in [1.29, 1.82) is 0 Å². The van der Waals surface area contributed by atoms with Gasteiger partial charge >= 0.3 is 6.18 Å². The van der Waals surface area contributed by atoms with E-state index in [1.54, 1.807) is 13.3 Å². The molecule has 0 spiro atoms. The Morgan fingerprint density at radius 1 is 1.18 bits per heavy atom. The maximum Gasteiger partial charge on any atom is 0.416 e. The topological polar surface area (TPSA) is 63.9 Å². The number of carbonyl (C=O) groups is 1. The van der Waals surface area contributed by atoms with Crippen LogP contribution in [0.25, 0.3) is 0 Å². The van der Waals surface area contributed by atoms with E-state index in [4.69, 9.17) is 0 Å². The van der Waals surface area contributed by atoms with Gasteiger partial charge in [0.2, 0.25) is 0 Å². The summed E-state index contributed by atoms with van der Waals surface area (Å²) in [5.41, 5.74) is 0.641. The van der Waals surface area contributed by atoms with Gasteiger partial charge in [0.25, 0.3) is 5.91 Å². The van der Waals surface area contributed by atoms with E-state index in [1.165, 1.54) is 22.7 Å². The summed E-state index contributed by atoms with van der Waals surface area (Å²) in [5.74, 6) is 0.814. The summed E-state index contributed by atoms with van der Waals surface area (Å²) in [4.78, 5) is 19.3. The lowest BCUT2D eigenvalue weighted by Gasteiger charge is -2.42. The van der Waals surface area contributed by atoms with Gasteiger partial charge in [-0.05, 0) is 67.0 Å². The van der Waals surface area contributed by atoms with Gasteiger partial charge in [0.05, 0.1) is 17.1 Å². The highest BCUT2D eigenvalue weighted by Crippen LogP contribution is 2.48. The normalized spacial score (nSPS) is 17.1. The molecule has 1 aliphatic heterocycles. The van der Waals surface area contributed by atoms with Crippen molar-refractivity contribution in [2.24, 2.45) is 7.05 Å². The molecule has 2 aromatic heterocycles. The molecule has 0 N–H and O–H groups in total. The zero-order chi connectivity index (χ0) is 24.3. The van der Waals surface area contributed by atoms with Gasteiger partial charge in [-0.15, -0.1) is 22.0 Å². The molecule has 3 aromatic rings. The van der Waals surface area contributed by atoms with E-state index in [9.17, 15) is 18.0 Å². The molecule has 1 aromatic carbocycles. The first kappa shape index (κ1) is 22.9. The lowest BCUT2D eigenvalue weighted by atomic mass is 9.62. The van der Waals surface area contributed by atoms with Crippen LogP contribution in [0.15, 0.2) is 35.6 Å². The van der Waals surface area contributed by atoms with E-state index >= 15 is 0 Å². The lowest BCUT2D eigenvalue weighted by molar-refractivity contribution is -0.138. The van der Waals surface area contributed by atoms with E-state index in [0.29, 0.717) is 17.8 Å². The summed E-state index contributed by atoms with van der Waals surface area (Å²) in [6.07, 6.45) is 2.74. The smallest absolute Gasteiger partial charge is 0.321 e. The number of aryl methyl sites for hydroxylation is 2. The van der Waals surface area contributed by atoms with Crippen LogP contribution >= 0.6 is 11.8 Å². The molecule has 5 rings (SSSR count). The Morgan fingerprint density at radius 2 is 1.94 bits per heavy atom. The Morgan fingerprint density at radius 3 is 2.53 bits per heavy atom. The van der Waals surface area contributed by atoms with Gasteiger partial charge in [-0.25, -0.2) is 4.98 Å². The Bertz CT molecular complexity index is 1280. The minimum absolute atomic E-state index is 0.0125. The highest BCUT2D eigenvalue weighted by Gasteiger charge is 2.43. The SMILES string of the molecule is CSc1cc(C2(Cc3nncn3C)CCC2)cc(N2Cc3c(cc(C)cc3C(F)(F)F)C2=O)n1.